The van der Waals surface area contributed by atoms with Gasteiger partial charge in [-0.15, -0.1) is 11.3 Å². The van der Waals surface area contributed by atoms with E-state index < -0.39 is 9.84 Å². The van der Waals surface area contributed by atoms with Crippen molar-refractivity contribution < 1.29 is 13.2 Å². The summed E-state index contributed by atoms with van der Waals surface area (Å²) >= 11 is 3.02. The maximum Gasteiger partial charge on any atom is 0.233 e. The van der Waals surface area contributed by atoms with Crippen LogP contribution in [0, 0.1) is 13.8 Å². The van der Waals surface area contributed by atoms with Crippen LogP contribution in [0.2, 0.25) is 0 Å². The van der Waals surface area contributed by atoms with Crippen LogP contribution in [-0.2, 0) is 27.5 Å². The zero-order valence-corrected chi connectivity index (χ0v) is 20.6. The highest BCUT2D eigenvalue weighted by Gasteiger charge is 2.21. The van der Waals surface area contributed by atoms with Crippen molar-refractivity contribution in [1.29, 1.82) is 0 Å². The Morgan fingerprint density at radius 3 is 2.59 bits per heavy atom. The number of sulfone groups is 1. The lowest BCUT2D eigenvalue weighted by atomic mass is 10.0. The Labute approximate surface area is 196 Å². The van der Waals surface area contributed by atoms with Crippen LogP contribution in [0.3, 0.4) is 0 Å². The fourth-order valence-electron chi connectivity index (χ4n) is 3.55. The number of rotatable bonds is 7. The highest BCUT2D eigenvalue weighted by atomic mass is 32.2. The van der Waals surface area contributed by atoms with E-state index in [4.69, 9.17) is 0 Å². The first kappa shape index (κ1) is 22.6. The van der Waals surface area contributed by atoms with Crippen molar-refractivity contribution in [2.45, 2.75) is 31.6 Å². The van der Waals surface area contributed by atoms with E-state index >= 15 is 0 Å². The highest BCUT2D eigenvalue weighted by Crippen LogP contribution is 2.31. The van der Waals surface area contributed by atoms with Crippen molar-refractivity contribution in [2.24, 2.45) is 0 Å². The average Bonchev–Trinajstić information content (AvgIpc) is 3.38. The molecular formula is C24H24N2O3S3. The Morgan fingerprint density at radius 2 is 1.91 bits per heavy atom. The van der Waals surface area contributed by atoms with E-state index in [9.17, 15) is 13.2 Å². The number of hydrogen-bond donors (Lipinski definition) is 0. The second-order valence-corrected chi connectivity index (χ2v) is 11.9. The molecule has 0 radical (unpaired) electrons. The standard InChI is InChI=1S/C24H24N2O3S3/c1-16-6-7-18(17(2)13-16)14-23(27)26(11-10-19-5-4-12-30-19)24-25-21-9-8-20(32(3,28)29)15-22(21)31-24/h4-9,12-13,15H,10-11,14H2,1-3H3. The molecule has 0 spiro atoms. The maximum absolute atomic E-state index is 13.4. The van der Waals surface area contributed by atoms with Gasteiger partial charge in [0.1, 0.15) is 0 Å². The van der Waals surface area contributed by atoms with Gasteiger partial charge in [-0.3, -0.25) is 9.69 Å². The van der Waals surface area contributed by atoms with E-state index in [1.807, 2.05) is 37.4 Å². The number of thiazole rings is 1. The molecule has 4 rings (SSSR count). The molecule has 0 aliphatic carbocycles. The fourth-order valence-corrected chi connectivity index (χ4v) is 6.01. The topological polar surface area (TPSA) is 67.3 Å². The minimum absolute atomic E-state index is 0.0177. The summed E-state index contributed by atoms with van der Waals surface area (Å²) in [5, 5.41) is 2.62. The number of fused-ring (bicyclic) bond motifs is 1. The van der Waals surface area contributed by atoms with Gasteiger partial charge in [0.25, 0.3) is 0 Å². The molecule has 1 amide bonds. The van der Waals surface area contributed by atoms with E-state index in [0.717, 1.165) is 22.2 Å². The minimum atomic E-state index is -3.31. The average molecular weight is 485 g/mol. The zero-order chi connectivity index (χ0) is 22.9. The number of aryl methyl sites for hydroxylation is 2. The predicted molar refractivity (Wildman–Crippen MR) is 133 cm³/mol. The first-order chi connectivity index (χ1) is 15.2. The molecule has 0 bridgehead atoms. The van der Waals surface area contributed by atoms with Gasteiger partial charge in [-0.2, -0.15) is 0 Å². The molecule has 0 saturated carbocycles. The molecule has 2 heterocycles. The van der Waals surface area contributed by atoms with Crippen molar-refractivity contribution in [3.05, 3.63) is 75.5 Å². The summed E-state index contributed by atoms with van der Waals surface area (Å²) in [6, 6.07) is 15.1. The lowest BCUT2D eigenvalue weighted by Gasteiger charge is -2.20. The number of anilines is 1. The SMILES string of the molecule is Cc1ccc(CC(=O)N(CCc2cccs2)c2nc3ccc(S(C)(=O)=O)cc3s2)c(C)c1. The summed E-state index contributed by atoms with van der Waals surface area (Å²) in [7, 11) is -3.31. The summed E-state index contributed by atoms with van der Waals surface area (Å²) in [6.07, 6.45) is 2.22. The number of carbonyl (C=O) groups is 1. The van der Waals surface area contributed by atoms with Crippen molar-refractivity contribution in [3.63, 3.8) is 0 Å². The lowest BCUT2D eigenvalue weighted by Crippen LogP contribution is -2.34. The van der Waals surface area contributed by atoms with E-state index in [1.54, 1.807) is 34.4 Å². The van der Waals surface area contributed by atoms with E-state index in [-0.39, 0.29) is 10.8 Å². The Hall–Kier alpha value is -2.55. The smallest absolute Gasteiger partial charge is 0.233 e. The first-order valence-corrected chi connectivity index (χ1v) is 13.8. The van der Waals surface area contributed by atoms with Crippen LogP contribution in [0.4, 0.5) is 5.13 Å². The van der Waals surface area contributed by atoms with E-state index in [0.29, 0.717) is 23.6 Å². The second-order valence-electron chi connectivity index (χ2n) is 7.88. The molecule has 2 aromatic heterocycles. The Balaban J connectivity index is 1.67. The number of thiophene rings is 1. The number of benzene rings is 2. The predicted octanol–water partition coefficient (Wildman–Crippen LogP) is 5.20. The van der Waals surface area contributed by atoms with Crippen molar-refractivity contribution in [1.82, 2.24) is 4.98 Å². The largest absolute Gasteiger partial charge is 0.287 e. The fraction of sp³-hybridized carbons (Fsp3) is 0.250. The molecule has 8 heteroatoms. The van der Waals surface area contributed by atoms with Crippen LogP contribution in [-0.4, -0.2) is 32.1 Å². The monoisotopic (exact) mass is 484 g/mol. The molecular weight excluding hydrogens is 460 g/mol. The van der Waals surface area contributed by atoms with Gasteiger partial charge in [0.15, 0.2) is 15.0 Å². The summed E-state index contributed by atoms with van der Waals surface area (Å²) in [5.74, 6) is -0.0177. The number of hydrogen-bond acceptors (Lipinski definition) is 6. The van der Waals surface area contributed by atoms with Crippen molar-refractivity contribution in [3.8, 4) is 0 Å². The molecule has 32 heavy (non-hydrogen) atoms. The van der Waals surface area contributed by atoms with Crippen LogP contribution in [0.15, 0.2) is 58.8 Å². The molecule has 0 unspecified atom stereocenters. The third kappa shape index (κ3) is 5.09. The van der Waals surface area contributed by atoms with Crippen molar-refractivity contribution >= 4 is 53.8 Å². The molecule has 4 aromatic rings. The van der Waals surface area contributed by atoms with Crippen LogP contribution in [0.5, 0.6) is 0 Å². The van der Waals surface area contributed by atoms with Gasteiger partial charge < -0.3 is 0 Å². The third-order valence-corrected chi connectivity index (χ3v) is 8.40. The molecule has 0 aliphatic heterocycles. The van der Waals surface area contributed by atoms with E-state index in [2.05, 4.69) is 17.1 Å². The zero-order valence-electron chi connectivity index (χ0n) is 18.2. The van der Waals surface area contributed by atoms with Gasteiger partial charge in [-0.25, -0.2) is 13.4 Å². The van der Waals surface area contributed by atoms with Crippen LogP contribution in [0.25, 0.3) is 10.2 Å². The Bertz CT molecular complexity index is 1370. The third-order valence-electron chi connectivity index (χ3n) is 5.31. The normalized spacial score (nSPS) is 11.7. The first-order valence-electron chi connectivity index (χ1n) is 10.2. The number of nitrogens with zero attached hydrogens (tertiary/aromatic N) is 2. The summed E-state index contributed by atoms with van der Waals surface area (Å²) in [4.78, 5) is 21.3. The van der Waals surface area contributed by atoms with E-state index in [1.165, 1.54) is 28.0 Å². The molecule has 0 atom stereocenters. The van der Waals surface area contributed by atoms with Gasteiger partial charge in [-0.05, 0) is 61.0 Å². The Kier molecular flexibility index (Phi) is 6.46. The molecule has 166 valence electrons. The van der Waals surface area contributed by atoms with Gasteiger partial charge >= 0.3 is 0 Å². The summed E-state index contributed by atoms with van der Waals surface area (Å²) in [6.45, 7) is 4.58. The van der Waals surface area contributed by atoms with Gasteiger partial charge in [0.05, 0.1) is 21.5 Å². The number of aromatic nitrogens is 1. The highest BCUT2D eigenvalue weighted by molar-refractivity contribution is 7.90. The second kappa shape index (κ2) is 9.13. The van der Waals surface area contributed by atoms with Crippen LogP contribution < -0.4 is 4.90 Å². The van der Waals surface area contributed by atoms with Crippen LogP contribution in [0.1, 0.15) is 21.6 Å². The molecule has 0 aliphatic rings. The molecule has 0 saturated heterocycles. The minimum Gasteiger partial charge on any atom is -0.287 e. The number of carbonyl (C=O) groups excluding carboxylic acids is 1. The van der Waals surface area contributed by atoms with Gasteiger partial charge in [-0.1, -0.05) is 41.2 Å². The summed E-state index contributed by atoms with van der Waals surface area (Å²) < 4.78 is 24.6. The summed E-state index contributed by atoms with van der Waals surface area (Å²) in [5.41, 5.74) is 3.96. The molecule has 0 fully saturated rings. The van der Waals surface area contributed by atoms with Gasteiger partial charge in [0.2, 0.25) is 5.91 Å². The molecule has 5 nitrogen and oxygen atoms in total. The quantitative estimate of drug-likeness (QED) is 0.362. The lowest BCUT2D eigenvalue weighted by molar-refractivity contribution is -0.118. The Morgan fingerprint density at radius 1 is 1.09 bits per heavy atom. The van der Waals surface area contributed by atoms with Crippen molar-refractivity contribution in [2.75, 3.05) is 17.7 Å². The van der Waals surface area contributed by atoms with Gasteiger partial charge in [0, 0.05) is 17.7 Å². The molecule has 0 N–H and O–H groups in total. The molecule has 2 aromatic carbocycles. The maximum atomic E-state index is 13.4. The number of amides is 1. The van der Waals surface area contributed by atoms with Crippen LogP contribution >= 0.6 is 22.7 Å².